The van der Waals surface area contributed by atoms with Crippen molar-refractivity contribution >= 4 is 5.78 Å². The Morgan fingerprint density at radius 3 is 2.89 bits per heavy atom. The molecule has 1 heteroatoms. The lowest BCUT2D eigenvalue weighted by Crippen LogP contribution is -2.26. The first-order valence-corrected chi connectivity index (χ1v) is 6.28. The van der Waals surface area contributed by atoms with Crippen molar-refractivity contribution in [3.05, 3.63) is 82.5 Å². The summed E-state index contributed by atoms with van der Waals surface area (Å²) >= 11 is 0. The maximum absolute atomic E-state index is 12.4. The third kappa shape index (κ3) is 1.19. The second kappa shape index (κ2) is 3.42. The molecule has 1 atom stereocenters. The third-order valence-corrected chi connectivity index (χ3v) is 3.91. The molecule has 0 saturated heterocycles. The lowest BCUT2D eigenvalue weighted by Gasteiger charge is -2.31. The van der Waals surface area contributed by atoms with E-state index >= 15 is 0 Å². The molecule has 0 aromatic rings. The summed E-state index contributed by atoms with van der Waals surface area (Å²) in [6, 6.07) is 0. The van der Waals surface area contributed by atoms with Gasteiger partial charge in [-0.25, -0.2) is 0 Å². The summed E-state index contributed by atoms with van der Waals surface area (Å²) in [5.41, 5.74) is 5.81. The Balaban J connectivity index is 1.93. The topological polar surface area (TPSA) is 17.1 Å². The second-order valence-electron chi connectivity index (χ2n) is 4.92. The summed E-state index contributed by atoms with van der Waals surface area (Å²) < 4.78 is 0. The van der Waals surface area contributed by atoms with Crippen LogP contribution in [0.3, 0.4) is 0 Å². The third-order valence-electron chi connectivity index (χ3n) is 3.91. The number of fused-ring (bicyclic) bond motifs is 5. The van der Waals surface area contributed by atoms with Crippen LogP contribution in [0.5, 0.6) is 0 Å². The molecule has 0 bridgehead atoms. The van der Waals surface area contributed by atoms with E-state index < -0.39 is 0 Å². The van der Waals surface area contributed by atoms with Crippen LogP contribution in [0, 0.1) is 5.92 Å². The Hall–Kier alpha value is -2.15. The molecular weight excluding hydrogens is 220 g/mol. The fourth-order valence-electron chi connectivity index (χ4n) is 3.09. The van der Waals surface area contributed by atoms with Gasteiger partial charge in [0.2, 0.25) is 0 Å². The number of rotatable bonds is 0. The van der Waals surface area contributed by atoms with Gasteiger partial charge in [-0.15, -0.1) is 0 Å². The average Bonchev–Trinajstić information content (AvgIpc) is 2.86. The summed E-state index contributed by atoms with van der Waals surface area (Å²) in [6.07, 6.45) is 19.5. The van der Waals surface area contributed by atoms with Gasteiger partial charge in [0.1, 0.15) is 0 Å². The van der Waals surface area contributed by atoms with Crippen LogP contribution >= 0.6 is 0 Å². The molecule has 1 nitrogen and oxygen atoms in total. The minimum Gasteiger partial charge on any atom is -0.294 e. The molecule has 0 spiro atoms. The van der Waals surface area contributed by atoms with Crippen LogP contribution < -0.4 is 0 Å². The highest BCUT2D eigenvalue weighted by molar-refractivity contribution is 6.03. The van der Waals surface area contributed by atoms with Gasteiger partial charge in [-0.2, -0.15) is 0 Å². The molecule has 0 saturated carbocycles. The number of hydrogen-bond donors (Lipinski definition) is 0. The van der Waals surface area contributed by atoms with Crippen molar-refractivity contribution in [2.24, 2.45) is 5.92 Å². The van der Waals surface area contributed by atoms with Crippen LogP contribution in [0.4, 0.5) is 0 Å². The molecule has 86 valence electrons. The van der Waals surface area contributed by atoms with Gasteiger partial charge in [-0.3, -0.25) is 4.79 Å². The molecule has 0 aromatic carbocycles. The molecule has 1 unspecified atom stereocenters. The molecule has 0 fully saturated rings. The molecule has 4 aliphatic carbocycles. The van der Waals surface area contributed by atoms with E-state index in [0.717, 1.165) is 17.6 Å². The maximum atomic E-state index is 12.4. The number of carbonyl (C=O) groups excluding carboxylic acids is 1. The molecule has 0 radical (unpaired) electrons. The van der Waals surface area contributed by atoms with E-state index in [-0.39, 0.29) is 11.7 Å². The highest BCUT2D eigenvalue weighted by Crippen LogP contribution is 2.44. The lowest BCUT2D eigenvalue weighted by molar-refractivity contribution is -0.116. The minimum atomic E-state index is -0.0819. The van der Waals surface area contributed by atoms with E-state index in [9.17, 15) is 4.79 Å². The standard InChI is InChI=1S/C17H12O/c18-16-10-12-4-1-2-6-13(12)15-9-8-11-5-3-7-14(11)17(15)16/h1,3-10,17H,2H2. The van der Waals surface area contributed by atoms with Crippen LogP contribution in [0.1, 0.15) is 6.42 Å². The van der Waals surface area contributed by atoms with Crippen LogP contribution in [0.25, 0.3) is 0 Å². The van der Waals surface area contributed by atoms with Gasteiger partial charge in [-0.05, 0) is 40.4 Å². The summed E-state index contributed by atoms with van der Waals surface area (Å²) in [7, 11) is 0. The Kier molecular flexibility index (Phi) is 1.87. The number of hydrogen-bond acceptors (Lipinski definition) is 1. The fraction of sp³-hybridized carbons (Fsp3) is 0.118. The van der Waals surface area contributed by atoms with Gasteiger partial charge in [0.05, 0.1) is 5.92 Å². The SMILES string of the molecule is O=C1C=C2C=CCC=C2C2=CC=C3C=CC=C3C12. The first kappa shape index (κ1) is 9.84. The molecule has 0 N–H and O–H groups in total. The summed E-state index contributed by atoms with van der Waals surface area (Å²) in [5.74, 6) is 0.127. The smallest absolute Gasteiger partial charge is 0.168 e. The van der Waals surface area contributed by atoms with Gasteiger partial charge in [0, 0.05) is 0 Å². The highest BCUT2D eigenvalue weighted by Gasteiger charge is 2.35. The van der Waals surface area contributed by atoms with Crippen molar-refractivity contribution < 1.29 is 4.79 Å². The zero-order chi connectivity index (χ0) is 12.1. The van der Waals surface area contributed by atoms with Crippen molar-refractivity contribution in [3.63, 3.8) is 0 Å². The van der Waals surface area contributed by atoms with Crippen molar-refractivity contribution in [2.45, 2.75) is 6.42 Å². The molecule has 4 aliphatic rings. The monoisotopic (exact) mass is 232 g/mol. The summed E-state index contributed by atoms with van der Waals surface area (Å²) in [5, 5.41) is 0. The van der Waals surface area contributed by atoms with Gasteiger partial charge in [0.25, 0.3) is 0 Å². The molecule has 4 rings (SSSR count). The quantitative estimate of drug-likeness (QED) is 0.626. The predicted molar refractivity (Wildman–Crippen MR) is 71.8 cm³/mol. The number of carbonyl (C=O) groups is 1. The summed E-state index contributed by atoms with van der Waals surface area (Å²) in [6.45, 7) is 0. The Labute approximate surface area is 106 Å². The normalized spacial score (nSPS) is 27.4. The van der Waals surface area contributed by atoms with Crippen molar-refractivity contribution in [1.82, 2.24) is 0 Å². The van der Waals surface area contributed by atoms with Crippen LogP contribution in [0.2, 0.25) is 0 Å². The van der Waals surface area contributed by atoms with E-state index in [0.29, 0.717) is 0 Å². The van der Waals surface area contributed by atoms with Crippen LogP contribution in [-0.4, -0.2) is 5.78 Å². The fourth-order valence-corrected chi connectivity index (χ4v) is 3.09. The van der Waals surface area contributed by atoms with E-state index in [2.05, 4.69) is 42.5 Å². The van der Waals surface area contributed by atoms with Gasteiger partial charge in [-0.1, -0.05) is 48.6 Å². The van der Waals surface area contributed by atoms with Crippen molar-refractivity contribution in [3.8, 4) is 0 Å². The van der Waals surface area contributed by atoms with Crippen LogP contribution in [-0.2, 0) is 4.79 Å². The first-order chi connectivity index (χ1) is 8.84. The van der Waals surface area contributed by atoms with E-state index in [4.69, 9.17) is 0 Å². The molecule has 0 amide bonds. The van der Waals surface area contributed by atoms with Crippen molar-refractivity contribution in [2.75, 3.05) is 0 Å². The summed E-state index contributed by atoms with van der Waals surface area (Å²) in [4.78, 5) is 12.4. The molecule has 18 heavy (non-hydrogen) atoms. The van der Waals surface area contributed by atoms with Gasteiger partial charge in [0.15, 0.2) is 5.78 Å². The average molecular weight is 232 g/mol. The largest absolute Gasteiger partial charge is 0.294 e. The minimum absolute atomic E-state index is 0.0819. The Morgan fingerprint density at radius 1 is 1.00 bits per heavy atom. The maximum Gasteiger partial charge on any atom is 0.168 e. The Morgan fingerprint density at radius 2 is 1.94 bits per heavy atom. The highest BCUT2D eigenvalue weighted by atomic mass is 16.1. The van der Waals surface area contributed by atoms with Crippen LogP contribution in [0.15, 0.2) is 82.5 Å². The molecule has 0 aromatic heterocycles. The van der Waals surface area contributed by atoms with E-state index in [1.54, 1.807) is 6.08 Å². The zero-order valence-corrected chi connectivity index (χ0v) is 9.89. The predicted octanol–water partition coefficient (Wildman–Crippen LogP) is 3.36. The number of ketones is 1. The second-order valence-corrected chi connectivity index (χ2v) is 4.92. The molecule has 0 heterocycles. The molecule has 0 aliphatic heterocycles. The van der Waals surface area contributed by atoms with Gasteiger partial charge >= 0.3 is 0 Å². The number of allylic oxidation sites excluding steroid dienone is 14. The van der Waals surface area contributed by atoms with Gasteiger partial charge < -0.3 is 0 Å². The Bertz CT molecular complexity index is 672. The zero-order valence-electron chi connectivity index (χ0n) is 9.89. The first-order valence-electron chi connectivity index (χ1n) is 6.28. The van der Waals surface area contributed by atoms with E-state index in [1.165, 1.54) is 16.7 Å². The van der Waals surface area contributed by atoms with Crippen molar-refractivity contribution in [1.29, 1.82) is 0 Å². The lowest BCUT2D eigenvalue weighted by atomic mass is 9.71. The van der Waals surface area contributed by atoms with E-state index in [1.807, 2.05) is 6.08 Å². The molecular formula is C17H12O.